The Labute approximate surface area is 120 Å². The summed E-state index contributed by atoms with van der Waals surface area (Å²) in [6.45, 7) is 6.68. The highest BCUT2D eigenvalue weighted by Crippen LogP contribution is 2.13. The van der Waals surface area contributed by atoms with Crippen molar-refractivity contribution in [2.75, 3.05) is 45.8 Å². The van der Waals surface area contributed by atoms with Crippen LogP contribution in [-0.2, 0) is 9.59 Å². The van der Waals surface area contributed by atoms with Gasteiger partial charge in [0.2, 0.25) is 11.8 Å². The third-order valence-corrected chi connectivity index (χ3v) is 3.82. The first-order valence-corrected chi connectivity index (χ1v) is 7.39. The van der Waals surface area contributed by atoms with Crippen molar-refractivity contribution in [2.45, 2.75) is 19.8 Å². The second-order valence-electron chi connectivity index (χ2n) is 5.56. The van der Waals surface area contributed by atoms with Crippen LogP contribution in [0.25, 0.3) is 0 Å². The van der Waals surface area contributed by atoms with Gasteiger partial charge in [0.25, 0.3) is 0 Å². The summed E-state index contributed by atoms with van der Waals surface area (Å²) in [6, 6.07) is 0. The predicted molar refractivity (Wildman–Crippen MR) is 77.8 cm³/mol. The lowest BCUT2D eigenvalue weighted by molar-refractivity contribution is -0.136. The lowest BCUT2D eigenvalue weighted by atomic mass is 10.0. The smallest absolute Gasteiger partial charge is 0.236 e. The largest absolute Gasteiger partial charge is 0.355 e. The number of amides is 2. The van der Waals surface area contributed by atoms with E-state index < -0.39 is 0 Å². The molecular weight excluding hydrogens is 256 g/mol. The third kappa shape index (κ3) is 4.59. The van der Waals surface area contributed by atoms with Crippen LogP contribution < -0.4 is 5.32 Å². The highest BCUT2D eigenvalue weighted by molar-refractivity contribution is 5.79. The number of hydrogen-bond acceptors (Lipinski definition) is 4. The number of hydrogen-bond donors (Lipinski definition) is 1. The minimum absolute atomic E-state index is 0.0485. The molecule has 0 aliphatic carbocycles. The lowest BCUT2D eigenvalue weighted by Gasteiger charge is -2.35. The van der Waals surface area contributed by atoms with Crippen molar-refractivity contribution < 1.29 is 9.59 Å². The summed E-state index contributed by atoms with van der Waals surface area (Å²) < 4.78 is 0. The van der Waals surface area contributed by atoms with Gasteiger partial charge in [-0.2, -0.15) is 0 Å². The standard InChI is InChI=1S/C14H24N4O2/c1-12(19)16-5-6-18-8-7-17(11-14(18)20)10-13-3-2-4-15-9-13/h9,13H,2-8,10-11H2,1H3,(H,16,19). The molecule has 112 valence electrons. The number of nitrogens with zero attached hydrogens (tertiary/aromatic N) is 3. The zero-order valence-electron chi connectivity index (χ0n) is 12.2. The molecule has 1 N–H and O–H groups in total. The van der Waals surface area contributed by atoms with Crippen molar-refractivity contribution in [3.63, 3.8) is 0 Å². The summed E-state index contributed by atoms with van der Waals surface area (Å²) in [5.41, 5.74) is 0. The van der Waals surface area contributed by atoms with E-state index in [2.05, 4.69) is 21.4 Å². The average molecular weight is 280 g/mol. The predicted octanol–water partition coefficient (Wildman–Crippen LogP) is -0.252. The Balaban J connectivity index is 1.71. The van der Waals surface area contributed by atoms with Crippen molar-refractivity contribution in [3.05, 3.63) is 0 Å². The van der Waals surface area contributed by atoms with E-state index >= 15 is 0 Å². The van der Waals surface area contributed by atoms with Gasteiger partial charge in [-0.15, -0.1) is 0 Å². The second kappa shape index (κ2) is 7.38. The minimum atomic E-state index is -0.0485. The molecule has 2 aliphatic rings. The van der Waals surface area contributed by atoms with E-state index in [-0.39, 0.29) is 11.8 Å². The molecule has 2 amide bonds. The molecule has 0 spiro atoms. The topological polar surface area (TPSA) is 65.0 Å². The number of carbonyl (C=O) groups excluding carboxylic acids is 2. The maximum atomic E-state index is 12.1. The summed E-state index contributed by atoms with van der Waals surface area (Å²) in [7, 11) is 0. The number of rotatable bonds is 5. The highest BCUT2D eigenvalue weighted by Gasteiger charge is 2.25. The summed E-state index contributed by atoms with van der Waals surface area (Å²) in [5.74, 6) is 0.615. The first-order valence-electron chi connectivity index (χ1n) is 7.39. The third-order valence-electron chi connectivity index (χ3n) is 3.82. The molecule has 6 nitrogen and oxygen atoms in total. The molecule has 0 bridgehead atoms. The van der Waals surface area contributed by atoms with Crippen LogP contribution in [0.5, 0.6) is 0 Å². The highest BCUT2D eigenvalue weighted by atomic mass is 16.2. The van der Waals surface area contributed by atoms with Gasteiger partial charge in [-0.05, 0) is 12.8 Å². The van der Waals surface area contributed by atoms with Crippen molar-refractivity contribution >= 4 is 18.0 Å². The van der Waals surface area contributed by atoms with Crippen LogP contribution in [-0.4, -0.2) is 73.6 Å². The van der Waals surface area contributed by atoms with E-state index in [0.29, 0.717) is 25.6 Å². The first kappa shape index (κ1) is 15.0. The van der Waals surface area contributed by atoms with Gasteiger partial charge in [-0.25, -0.2) is 0 Å². The van der Waals surface area contributed by atoms with Crippen molar-refractivity contribution in [3.8, 4) is 0 Å². The summed E-state index contributed by atoms with van der Waals surface area (Å²) >= 11 is 0. The van der Waals surface area contributed by atoms with Gasteiger partial charge in [0.15, 0.2) is 0 Å². The van der Waals surface area contributed by atoms with Gasteiger partial charge in [-0.1, -0.05) is 0 Å². The molecule has 0 saturated carbocycles. The summed E-state index contributed by atoms with van der Waals surface area (Å²) in [4.78, 5) is 31.2. The molecule has 2 rings (SSSR count). The quantitative estimate of drug-likeness (QED) is 0.755. The van der Waals surface area contributed by atoms with Gasteiger partial charge in [-0.3, -0.25) is 19.5 Å². The van der Waals surface area contributed by atoms with Gasteiger partial charge >= 0.3 is 0 Å². The fourth-order valence-electron chi connectivity index (χ4n) is 2.73. The average Bonchev–Trinajstić information content (AvgIpc) is 2.42. The summed E-state index contributed by atoms with van der Waals surface area (Å²) in [6.07, 6.45) is 4.39. The lowest BCUT2D eigenvalue weighted by Crippen LogP contribution is -2.53. The molecule has 1 fully saturated rings. The van der Waals surface area contributed by atoms with E-state index in [0.717, 1.165) is 32.6 Å². The molecule has 2 aliphatic heterocycles. The van der Waals surface area contributed by atoms with Crippen LogP contribution in [0.2, 0.25) is 0 Å². The van der Waals surface area contributed by atoms with Crippen LogP contribution in [0, 0.1) is 5.92 Å². The van der Waals surface area contributed by atoms with Crippen LogP contribution in [0.3, 0.4) is 0 Å². The molecule has 1 atom stereocenters. The van der Waals surface area contributed by atoms with Gasteiger partial charge in [0.1, 0.15) is 0 Å². The molecule has 0 aromatic heterocycles. The number of nitrogens with one attached hydrogen (secondary N) is 1. The van der Waals surface area contributed by atoms with E-state index in [4.69, 9.17) is 0 Å². The molecule has 0 radical (unpaired) electrons. The number of aliphatic imine (C=N–C) groups is 1. The van der Waals surface area contributed by atoms with Crippen LogP contribution in [0.1, 0.15) is 19.8 Å². The number of carbonyl (C=O) groups is 2. The molecule has 1 unspecified atom stereocenters. The van der Waals surface area contributed by atoms with Gasteiger partial charge in [0.05, 0.1) is 6.54 Å². The normalized spacial score (nSPS) is 23.9. The van der Waals surface area contributed by atoms with Crippen molar-refractivity contribution in [1.29, 1.82) is 0 Å². The Hall–Kier alpha value is -1.43. The maximum absolute atomic E-state index is 12.1. The summed E-state index contributed by atoms with van der Waals surface area (Å²) in [5, 5.41) is 2.73. The Bertz CT molecular complexity index is 383. The molecule has 20 heavy (non-hydrogen) atoms. The molecule has 0 aromatic rings. The maximum Gasteiger partial charge on any atom is 0.236 e. The molecule has 2 heterocycles. The minimum Gasteiger partial charge on any atom is -0.355 e. The molecule has 1 saturated heterocycles. The Morgan fingerprint density at radius 2 is 2.35 bits per heavy atom. The first-order chi connectivity index (χ1) is 9.65. The van der Waals surface area contributed by atoms with Crippen LogP contribution in [0.15, 0.2) is 4.99 Å². The van der Waals surface area contributed by atoms with E-state index in [1.807, 2.05) is 4.90 Å². The zero-order valence-corrected chi connectivity index (χ0v) is 12.2. The number of piperazine rings is 1. The SMILES string of the molecule is CC(=O)NCCN1CCN(CC2C=NCCC2)CC1=O. The van der Waals surface area contributed by atoms with E-state index in [9.17, 15) is 9.59 Å². The Kier molecular flexibility index (Phi) is 5.52. The Morgan fingerprint density at radius 3 is 3.00 bits per heavy atom. The van der Waals surface area contributed by atoms with Crippen molar-refractivity contribution in [1.82, 2.24) is 15.1 Å². The van der Waals surface area contributed by atoms with Crippen molar-refractivity contribution in [2.24, 2.45) is 10.9 Å². The monoisotopic (exact) mass is 280 g/mol. The molecule has 0 aromatic carbocycles. The van der Waals surface area contributed by atoms with Gasteiger partial charge in [0, 0.05) is 58.3 Å². The van der Waals surface area contributed by atoms with E-state index in [1.54, 1.807) is 0 Å². The Morgan fingerprint density at radius 1 is 1.50 bits per heavy atom. The van der Waals surface area contributed by atoms with Gasteiger partial charge < -0.3 is 10.2 Å². The van der Waals surface area contributed by atoms with Crippen LogP contribution >= 0.6 is 0 Å². The fourth-order valence-corrected chi connectivity index (χ4v) is 2.73. The van der Waals surface area contributed by atoms with Crippen LogP contribution in [0.4, 0.5) is 0 Å². The molecular formula is C14H24N4O2. The zero-order chi connectivity index (χ0) is 14.4. The fraction of sp³-hybridized carbons (Fsp3) is 0.786. The second-order valence-corrected chi connectivity index (χ2v) is 5.56. The molecule has 6 heteroatoms. The van der Waals surface area contributed by atoms with E-state index in [1.165, 1.54) is 13.3 Å².